The summed E-state index contributed by atoms with van der Waals surface area (Å²) in [4.78, 5) is 124. The van der Waals surface area contributed by atoms with Crippen molar-refractivity contribution < 1.29 is 57.7 Å². The van der Waals surface area contributed by atoms with Gasteiger partial charge in [0.1, 0.15) is 40.4 Å². The van der Waals surface area contributed by atoms with Gasteiger partial charge in [0.15, 0.2) is 0 Å². The van der Waals surface area contributed by atoms with Crippen LogP contribution in [0.25, 0.3) is 0 Å². The Morgan fingerprint density at radius 3 is 1.02 bits per heavy atom. The molecule has 0 aliphatic heterocycles. The van der Waals surface area contributed by atoms with Crippen LogP contribution in [0.5, 0.6) is 0 Å². The maximum atomic E-state index is 14.9. The summed E-state index contributed by atoms with van der Waals surface area (Å²) in [5.74, 6) is -9.34. The van der Waals surface area contributed by atoms with Crippen molar-refractivity contribution in [1.29, 1.82) is 0 Å². The molecule has 6 amide bonds. The van der Waals surface area contributed by atoms with Crippen molar-refractivity contribution in [3.05, 3.63) is 215 Å². The number of carbonyl (C=O) groups excluding carboxylic acids is 8. The molecule has 0 fully saturated rings. The van der Waals surface area contributed by atoms with Gasteiger partial charge in [0.25, 0.3) is 0 Å². The maximum Gasteiger partial charge on any atom is 0.326 e. The lowest BCUT2D eigenvalue weighted by Crippen LogP contribution is -2.57. The van der Waals surface area contributed by atoms with Crippen LogP contribution in [-0.4, -0.2) is 100 Å². The third-order valence-corrected chi connectivity index (χ3v) is 12.9. The van der Waals surface area contributed by atoms with Crippen LogP contribution in [0.1, 0.15) is 101 Å². The van der Waals surface area contributed by atoms with Crippen molar-refractivity contribution >= 4 is 53.4 Å². The minimum Gasteiger partial charge on any atom is -0.480 e. The fourth-order valence-electron chi connectivity index (χ4n) is 9.36. The van der Waals surface area contributed by atoms with Crippen molar-refractivity contribution in [2.75, 3.05) is 6.54 Å². The van der Waals surface area contributed by atoms with E-state index in [4.69, 9.17) is 15.2 Å². The maximum absolute atomic E-state index is 14.9. The van der Waals surface area contributed by atoms with Gasteiger partial charge in [-0.1, -0.05) is 182 Å². The number of ether oxygens (including phenoxy) is 2. The molecule has 4 atom stereocenters. The lowest BCUT2D eigenvalue weighted by atomic mass is 9.77. The molecule has 0 saturated heterocycles. The predicted molar refractivity (Wildman–Crippen MR) is 309 cm³/mol. The summed E-state index contributed by atoms with van der Waals surface area (Å²) in [6.07, 6.45) is -3.00. The Morgan fingerprint density at radius 1 is 0.398 bits per heavy atom. The number of carboxylic acids is 1. The highest BCUT2D eigenvalue weighted by Gasteiger charge is 2.42. The quantitative estimate of drug-likeness (QED) is 0.0263. The van der Waals surface area contributed by atoms with E-state index in [-0.39, 0.29) is 0 Å². The van der Waals surface area contributed by atoms with Crippen LogP contribution in [0.2, 0.25) is 0 Å². The fraction of sp³-hybridized carbons (Fsp3) is 0.297. The molecule has 83 heavy (non-hydrogen) atoms. The summed E-state index contributed by atoms with van der Waals surface area (Å²) in [5, 5.41) is 26.4. The summed E-state index contributed by atoms with van der Waals surface area (Å²) < 4.78 is 10.7. The van der Waals surface area contributed by atoms with E-state index < -0.39 is 132 Å². The van der Waals surface area contributed by atoms with Crippen molar-refractivity contribution in [3.8, 4) is 0 Å². The highest BCUT2D eigenvalue weighted by Crippen LogP contribution is 2.38. The van der Waals surface area contributed by atoms with E-state index >= 15 is 0 Å². The van der Waals surface area contributed by atoms with E-state index in [1.54, 1.807) is 133 Å². The van der Waals surface area contributed by atoms with E-state index in [0.717, 1.165) is 0 Å². The van der Waals surface area contributed by atoms with Crippen molar-refractivity contribution in [1.82, 2.24) is 31.9 Å². The number of aliphatic carboxylic acids is 1. The molecule has 0 saturated carbocycles. The van der Waals surface area contributed by atoms with Crippen molar-refractivity contribution in [3.63, 3.8) is 0 Å². The molecule has 9 N–H and O–H groups in total. The molecular weight excluding hydrogens is 1060 g/mol. The van der Waals surface area contributed by atoms with Crippen LogP contribution >= 0.6 is 0 Å². The summed E-state index contributed by atoms with van der Waals surface area (Å²) in [6.45, 7) is 8.68. The van der Waals surface area contributed by atoms with Gasteiger partial charge in [-0.3, -0.25) is 38.4 Å². The second kappa shape index (κ2) is 28.3. The van der Waals surface area contributed by atoms with E-state index in [1.165, 1.54) is 0 Å². The zero-order valence-corrected chi connectivity index (χ0v) is 47.2. The standard InChI is InChI=1S/C64H71N7O12/c1-61(2,3)82-55(75)37-48(65)57(77)68-50(40-56(76)83-62(4,5)6)58(78)66-41-54(74)67-49(38-52(72)70-63(42-25-13-7-14-26-42,43-27-15-8-16-28-43)44-29-17-9-18-30-44)59(79)69-51(60(80)81)39-53(73)71-64(45-31-19-10-20-32-45,46-33-21-11-22-34-46)47-35-23-12-24-36-47/h7-36,48-51H,37-41,65H2,1-6H3,(H,66,78)(H,67,74)(H,68,77)(H,69,79)(H,70,72)(H,71,73)(H,80,81)/t48-,49-,50-,51-/m1/s1. The van der Waals surface area contributed by atoms with Gasteiger partial charge in [-0.2, -0.15) is 0 Å². The molecule has 0 heterocycles. The number of carboxylic acid groups (broad SMARTS) is 1. The van der Waals surface area contributed by atoms with Crippen LogP contribution < -0.4 is 37.6 Å². The largest absolute Gasteiger partial charge is 0.480 e. The Labute approximate surface area is 482 Å². The second-order valence-electron chi connectivity index (χ2n) is 21.7. The Balaban J connectivity index is 1.31. The topological polar surface area (TPSA) is 291 Å². The molecule has 0 unspecified atom stereocenters. The van der Waals surface area contributed by atoms with Gasteiger partial charge >= 0.3 is 17.9 Å². The van der Waals surface area contributed by atoms with Crippen LogP contribution in [0.3, 0.4) is 0 Å². The minimum absolute atomic E-state index is 0.588. The van der Waals surface area contributed by atoms with E-state index in [9.17, 15) is 48.3 Å². The molecule has 19 heteroatoms. The molecule has 0 radical (unpaired) electrons. The number of nitrogens with two attached hydrogens (primary N) is 1. The normalized spacial score (nSPS) is 13.0. The van der Waals surface area contributed by atoms with Gasteiger partial charge in [0.05, 0.1) is 38.3 Å². The highest BCUT2D eigenvalue weighted by atomic mass is 16.6. The van der Waals surface area contributed by atoms with E-state index in [0.29, 0.717) is 33.4 Å². The van der Waals surface area contributed by atoms with Gasteiger partial charge in [-0.15, -0.1) is 0 Å². The predicted octanol–water partition coefficient (Wildman–Crippen LogP) is 5.43. The van der Waals surface area contributed by atoms with E-state index in [2.05, 4.69) is 31.9 Å². The van der Waals surface area contributed by atoms with Gasteiger partial charge < -0.3 is 52.2 Å². The number of rotatable bonds is 25. The molecule has 6 rings (SSSR count). The molecule has 6 aromatic rings. The average Bonchev–Trinajstić information content (AvgIpc) is 1.83. The first-order valence-corrected chi connectivity index (χ1v) is 26.9. The first kappa shape index (κ1) is 62.7. The van der Waals surface area contributed by atoms with Gasteiger partial charge in [-0.25, -0.2) is 4.79 Å². The van der Waals surface area contributed by atoms with E-state index in [1.807, 2.05) is 91.0 Å². The number of carbonyl (C=O) groups is 9. The molecule has 0 bridgehead atoms. The van der Waals surface area contributed by atoms with Crippen LogP contribution in [0.4, 0.5) is 0 Å². The van der Waals surface area contributed by atoms with Gasteiger partial charge in [0.2, 0.25) is 35.4 Å². The third-order valence-electron chi connectivity index (χ3n) is 12.9. The van der Waals surface area contributed by atoms with Crippen molar-refractivity contribution in [2.45, 2.75) is 114 Å². The number of nitrogens with one attached hydrogen (secondary N) is 6. The molecule has 434 valence electrons. The van der Waals surface area contributed by atoms with Crippen molar-refractivity contribution in [2.24, 2.45) is 5.73 Å². The summed E-state index contributed by atoms with van der Waals surface area (Å²) >= 11 is 0. The smallest absolute Gasteiger partial charge is 0.326 e. The SMILES string of the molecule is CC(C)(C)OC(=O)C[C@@H](N)C(=O)N[C@H](CC(=O)OC(C)(C)C)C(=O)NCC(=O)N[C@H](CC(=O)NC(c1ccccc1)(c1ccccc1)c1ccccc1)C(=O)N[C@H](CC(=O)NC(c1ccccc1)(c1ccccc1)c1ccccc1)C(=O)O. The minimum atomic E-state index is -1.94. The Kier molecular flexibility index (Phi) is 21.4. The molecule has 0 aromatic heterocycles. The Morgan fingerprint density at radius 2 is 0.699 bits per heavy atom. The zero-order chi connectivity index (χ0) is 60.4. The Bertz CT molecular complexity index is 3000. The van der Waals surface area contributed by atoms with Crippen LogP contribution in [0.15, 0.2) is 182 Å². The summed E-state index contributed by atoms with van der Waals surface area (Å²) in [6, 6.07) is 47.1. The summed E-state index contributed by atoms with van der Waals surface area (Å²) in [7, 11) is 0. The first-order valence-electron chi connectivity index (χ1n) is 26.9. The Hall–Kier alpha value is -9.49. The average molecular weight is 1130 g/mol. The zero-order valence-electron chi connectivity index (χ0n) is 47.2. The second-order valence-corrected chi connectivity index (χ2v) is 21.7. The highest BCUT2D eigenvalue weighted by molar-refractivity contribution is 5.98. The molecular formula is C64H71N7O12. The van der Waals surface area contributed by atoms with Crippen LogP contribution in [0, 0.1) is 0 Å². The van der Waals surface area contributed by atoms with Crippen LogP contribution in [-0.2, 0) is 63.7 Å². The number of hydrogen-bond acceptors (Lipinski definition) is 12. The number of hydrogen-bond donors (Lipinski definition) is 8. The third kappa shape index (κ3) is 17.5. The number of esters is 2. The number of benzene rings is 6. The lowest BCUT2D eigenvalue weighted by molar-refractivity contribution is -0.158. The number of amides is 6. The lowest BCUT2D eigenvalue weighted by Gasteiger charge is -2.37. The molecule has 0 aliphatic rings. The molecule has 19 nitrogen and oxygen atoms in total. The summed E-state index contributed by atoms with van der Waals surface area (Å²) in [5.41, 5.74) is 5.11. The molecule has 0 aliphatic carbocycles. The monoisotopic (exact) mass is 1130 g/mol. The first-order chi connectivity index (χ1) is 39.4. The van der Waals surface area contributed by atoms with Gasteiger partial charge in [0, 0.05) is 0 Å². The molecule has 6 aromatic carbocycles. The molecule has 0 spiro atoms. The fourth-order valence-corrected chi connectivity index (χ4v) is 9.36. The van der Waals surface area contributed by atoms with Gasteiger partial charge in [-0.05, 0) is 74.9 Å².